The molecule has 5 heteroatoms. The summed E-state index contributed by atoms with van der Waals surface area (Å²) >= 11 is 5.61. The van der Waals surface area contributed by atoms with E-state index < -0.39 is 0 Å². The molecule has 0 radical (unpaired) electrons. The summed E-state index contributed by atoms with van der Waals surface area (Å²) in [6.45, 7) is 0.692. The Morgan fingerprint density at radius 2 is 2.36 bits per heavy atom. The number of aryl methyl sites for hydroxylation is 1. The molecule has 1 saturated carbocycles. The first-order valence-electron chi connectivity index (χ1n) is 4.69. The van der Waals surface area contributed by atoms with Gasteiger partial charge in [0, 0.05) is 6.54 Å². The second-order valence-electron chi connectivity index (χ2n) is 3.68. The Hall–Kier alpha value is -1.03. The van der Waals surface area contributed by atoms with Crippen LogP contribution in [0.1, 0.15) is 19.3 Å². The molecule has 0 unspecified atom stereocenters. The highest BCUT2D eigenvalue weighted by atomic mass is 35.5. The summed E-state index contributed by atoms with van der Waals surface area (Å²) in [6.07, 6.45) is 5.06. The highest BCUT2D eigenvalue weighted by Crippen LogP contribution is 2.32. The lowest BCUT2D eigenvalue weighted by Gasteiger charge is -2.05. The van der Waals surface area contributed by atoms with Crippen molar-refractivity contribution in [1.82, 2.24) is 9.55 Å². The summed E-state index contributed by atoms with van der Waals surface area (Å²) in [5, 5.41) is 0.0951. The molecule has 0 amide bonds. The van der Waals surface area contributed by atoms with E-state index in [1.807, 2.05) is 0 Å². The molecule has 1 aromatic heterocycles. The van der Waals surface area contributed by atoms with Gasteiger partial charge in [-0.15, -0.1) is 0 Å². The van der Waals surface area contributed by atoms with Crippen LogP contribution in [0.4, 0.5) is 5.69 Å². The van der Waals surface area contributed by atoms with Crippen LogP contribution in [-0.2, 0) is 6.54 Å². The molecular formula is C9H12ClN3O. The Morgan fingerprint density at radius 1 is 1.64 bits per heavy atom. The molecule has 2 N–H and O–H groups in total. The van der Waals surface area contributed by atoms with Crippen molar-refractivity contribution in [2.45, 2.75) is 25.8 Å². The minimum atomic E-state index is -0.231. The number of rotatable bonds is 3. The molecule has 0 spiro atoms. The zero-order chi connectivity index (χ0) is 10.1. The number of halogens is 1. The van der Waals surface area contributed by atoms with Crippen LogP contribution in [0.3, 0.4) is 0 Å². The molecule has 1 aromatic rings. The maximum absolute atomic E-state index is 11.5. The summed E-state index contributed by atoms with van der Waals surface area (Å²) in [7, 11) is 0. The van der Waals surface area contributed by atoms with E-state index in [0.29, 0.717) is 6.54 Å². The Morgan fingerprint density at radius 3 is 3.00 bits per heavy atom. The fourth-order valence-electron chi connectivity index (χ4n) is 1.37. The van der Waals surface area contributed by atoms with Crippen LogP contribution < -0.4 is 11.3 Å². The van der Waals surface area contributed by atoms with Gasteiger partial charge >= 0.3 is 0 Å². The molecule has 2 rings (SSSR count). The monoisotopic (exact) mass is 213 g/mol. The minimum Gasteiger partial charge on any atom is -0.392 e. The standard InChI is InChI=1S/C9H12ClN3O/c10-8-7(11)9(14)13(5-12-8)4-3-6-1-2-6/h5-6H,1-4,11H2. The van der Waals surface area contributed by atoms with Crippen molar-refractivity contribution in [3.63, 3.8) is 0 Å². The first-order chi connectivity index (χ1) is 6.68. The van der Waals surface area contributed by atoms with Gasteiger partial charge in [-0.1, -0.05) is 24.4 Å². The Labute approximate surface area is 86.7 Å². The number of nitrogen functional groups attached to an aromatic ring is 1. The fourth-order valence-corrected chi connectivity index (χ4v) is 1.50. The second kappa shape index (κ2) is 3.61. The molecule has 1 aliphatic carbocycles. The molecule has 1 fully saturated rings. The molecule has 0 aliphatic heterocycles. The maximum Gasteiger partial charge on any atom is 0.278 e. The lowest BCUT2D eigenvalue weighted by atomic mass is 10.3. The maximum atomic E-state index is 11.5. The summed E-state index contributed by atoms with van der Waals surface area (Å²) in [6, 6.07) is 0. The van der Waals surface area contributed by atoms with Gasteiger partial charge < -0.3 is 5.73 Å². The van der Waals surface area contributed by atoms with E-state index >= 15 is 0 Å². The largest absolute Gasteiger partial charge is 0.392 e. The zero-order valence-electron chi connectivity index (χ0n) is 7.74. The van der Waals surface area contributed by atoms with Crippen molar-refractivity contribution < 1.29 is 0 Å². The number of nitrogens with zero attached hydrogens (tertiary/aromatic N) is 2. The molecule has 0 bridgehead atoms. The van der Waals surface area contributed by atoms with Gasteiger partial charge in [0.1, 0.15) is 5.69 Å². The number of aromatic nitrogens is 2. The first-order valence-corrected chi connectivity index (χ1v) is 5.06. The Balaban J connectivity index is 2.16. The molecule has 0 aromatic carbocycles. The third-order valence-corrected chi connectivity index (χ3v) is 2.80. The van der Waals surface area contributed by atoms with Crippen molar-refractivity contribution in [3.8, 4) is 0 Å². The van der Waals surface area contributed by atoms with Gasteiger partial charge in [-0.05, 0) is 12.3 Å². The highest BCUT2D eigenvalue weighted by Gasteiger charge is 2.21. The van der Waals surface area contributed by atoms with Gasteiger partial charge in [-0.3, -0.25) is 9.36 Å². The van der Waals surface area contributed by atoms with Crippen LogP contribution in [0.15, 0.2) is 11.1 Å². The predicted molar refractivity (Wildman–Crippen MR) is 55.3 cm³/mol. The van der Waals surface area contributed by atoms with Gasteiger partial charge in [0.15, 0.2) is 5.15 Å². The van der Waals surface area contributed by atoms with Crippen molar-refractivity contribution in [1.29, 1.82) is 0 Å². The Kier molecular flexibility index (Phi) is 2.46. The lowest BCUT2D eigenvalue weighted by Crippen LogP contribution is -2.23. The number of nitrogens with two attached hydrogens (primary N) is 1. The molecule has 4 nitrogen and oxygen atoms in total. The molecule has 14 heavy (non-hydrogen) atoms. The SMILES string of the molecule is Nc1c(Cl)ncn(CCC2CC2)c1=O. The lowest BCUT2D eigenvalue weighted by molar-refractivity contribution is 0.575. The third-order valence-electron chi connectivity index (χ3n) is 2.50. The van der Waals surface area contributed by atoms with Crippen LogP contribution in [0, 0.1) is 5.92 Å². The van der Waals surface area contributed by atoms with E-state index in [0.717, 1.165) is 12.3 Å². The van der Waals surface area contributed by atoms with Gasteiger partial charge in [0.05, 0.1) is 6.33 Å². The highest BCUT2D eigenvalue weighted by molar-refractivity contribution is 6.31. The first kappa shape index (κ1) is 9.52. The number of hydrogen-bond acceptors (Lipinski definition) is 3. The van der Waals surface area contributed by atoms with Crippen molar-refractivity contribution in [2.24, 2.45) is 5.92 Å². The number of hydrogen-bond donors (Lipinski definition) is 1. The van der Waals surface area contributed by atoms with Crippen LogP contribution in [0.2, 0.25) is 5.15 Å². The smallest absolute Gasteiger partial charge is 0.278 e. The Bertz CT molecular complexity index is 398. The molecule has 0 saturated heterocycles. The van der Waals surface area contributed by atoms with Crippen LogP contribution in [0.25, 0.3) is 0 Å². The van der Waals surface area contributed by atoms with Crippen molar-refractivity contribution in [3.05, 3.63) is 21.8 Å². The zero-order valence-corrected chi connectivity index (χ0v) is 8.50. The summed E-state index contributed by atoms with van der Waals surface area (Å²) in [4.78, 5) is 15.4. The summed E-state index contributed by atoms with van der Waals surface area (Å²) < 4.78 is 1.53. The van der Waals surface area contributed by atoms with Crippen molar-refractivity contribution >= 4 is 17.3 Å². The van der Waals surface area contributed by atoms with Crippen LogP contribution in [0.5, 0.6) is 0 Å². The average molecular weight is 214 g/mol. The quantitative estimate of drug-likeness (QED) is 0.770. The van der Waals surface area contributed by atoms with Gasteiger partial charge in [0.25, 0.3) is 5.56 Å². The third kappa shape index (κ3) is 1.90. The van der Waals surface area contributed by atoms with E-state index in [1.54, 1.807) is 0 Å². The van der Waals surface area contributed by atoms with E-state index in [4.69, 9.17) is 17.3 Å². The van der Waals surface area contributed by atoms with Gasteiger partial charge in [-0.2, -0.15) is 0 Å². The van der Waals surface area contributed by atoms with Crippen molar-refractivity contribution in [2.75, 3.05) is 5.73 Å². The van der Waals surface area contributed by atoms with Crippen LogP contribution in [-0.4, -0.2) is 9.55 Å². The molecule has 0 atom stereocenters. The summed E-state index contributed by atoms with van der Waals surface area (Å²) in [5.41, 5.74) is 5.29. The van der Waals surface area contributed by atoms with E-state index in [9.17, 15) is 4.79 Å². The molecule has 1 heterocycles. The summed E-state index contributed by atoms with van der Waals surface area (Å²) in [5.74, 6) is 0.791. The van der Waals surface area contributed by atoms with Crippen LogP contribution >= 0.6 is 11.6 Å². The topological polar surface area (TPSA) is 60.9 Å². The van der Waals surface area contributed by atoms with Gasteiger partial charge in [-0.25, -0.2) is 4.98 Å². The fraction of sp³-hybridized carbons (Fsp3) is 0.556. The second-order valence-corrected chi connectivity index (χ2v) is 4.04. The van der Waals surface area contributed by atoms with E-state index in [-0.39, 0.29) is 16.4 Å². The van der Waals surface area contributed by atoms with E-state index in [2.05, 4.69) is 4.98 Å². The minimum absolute atomic E-state index is 0.0463. The molecule has 1 aliphatic rings. The average Bonchev–Trinajstić information content (AvgIpc) is 2.97. The predicted octanol–water partition coefficient (Wildman–Crippen LogP) is 1.28. The molecule has 76 valence electrons. The van der Waals surface area contributed by atoms with Gasteiger partial charge in [0.2, 0.25) is 0 Å². The normalized spacial score (nSPS) is 15.8. The molecular weight excluding hydrogens is 202 g/mol. The number of anilines is 1. The van der Waals surface area contributed by atoms with E-state index in [1.165, 1.54) is 23.7 Å².